The minimum atomic E-state index is -4.48. The Kier molecular flexibility index (Phi) is 6.43. The zero-order valence-electron chi connectivity index (χ0n) is 15.1. The Morgan fingerprint density at radius 1 is 1.11 bits per heavy atom. The van der Waals surface area contributed by atoms with Crippen molar-refractivity contribution in [3.8, 4) is 0 Å². The molecule has 1 aliphatic rings. The Balaban J connectivity index is 1.58. The summed E-state index contributed by atoms with van der Waals surface area (Å²) >= 11 is 0. The molecule has 1 saturated heterocycles. The monoisotopic (exact) mass is 392 g/mol. The highest BCUT2D eigenvalue weighted by atomic mass is 19.4. The van der Waals surface area contributed by atoms with Crippen molar-refractivity contribution in [3.63, 3.8) is 0 Å². The van der Waals surface area contributed by atoms with Crippen LogP contribution in [0.2, 0.25) is 0 Å². The standard InChI is InChI=1S/C20H20F3N3O2/c21-20(22,23)18-4-2-1-3-17(18)13-24-25-19(27)16-7-5-15(6-8-16)14-26-9-11-28-12-10-26/h1-8,13H,9-12,14H2,(H,25,27)/p+1/b24-13-. The third-order valence-electron chi connectivity index (χ3n) is 4.51. The molecule has 3 rings (SSSR count). The van der Waals surface area contributed by atoms with Crippen molar-refractivity contribution in [1.29, 1.82) is 0 Å². The number of hydrogen-bond donors (Lipinski definition) is 2. The van der Waals surface area contributed by atoms with Crippen molar-refractivity contribution in [2.75, 3.05) is 26.3 Å². The highest BCUT2D eigenvalue weighted by molar-refractivity contribution is 5.95. The minimum absolute atomic E-state index is 0.112. The van der Waals surface area contributed by atoms with Gasteiger partial charge >= 0.3 is 6.18 Å². The van der Waals surface area contributed by atoms with Crippen molar-refractivity contribution in [2.45, 2.75) is 12.7 Å². The SMILES string of the molecule is O=C(N/N=C\c1ccccc1C(F)(F)F)c1ccc(C[NH+]2CCOCC2)cc1. The molecule has 1 amide bonds. The summed E-state index contributed by atoms with van der Waals surface area (Å²) in [6, 6.07) is 12.2. The van der Waals surface area contributed by atoms with E-state index in [0.717, 1.165) is 50.7 Å². The van der Waals surface area contributed by atoms with Crippen LogP contribution >= 0.6 is 0 Å². The first-order chi connectivity index (χ1) is 13.4. The highest BCUT2D eigenvalue weighted by Gasteiger charge is 2.32. The average molecular weight is 392 g/mol. The van der Waals surface area contributed by atoms with Gasteiger partial charge in [0.25, 0.3) is 5.91 Å². The van der Waals surface area contributed by atoms with Crippen LogP contribution in [-0.4, -0.2) is 38.4 Å². The van der Waals surface area contributed by atoms with E-state index in [1.165, 1.54) is 23.1 Å². The quantitative estimate of drug-likeness (QED) is 0.603. The fraction of sp³-hybridized carbons (Fsp3) is 0.300. The second-order valence-electron chi connectivity index (χ2n) is 6.52. The zero-order chi connectivity index (χ0) is 20.0. The van der Waals surface area contributed by atoms with E-state index in [1.54, 1.807) is 12.1 Å². The van der Waals surface area contributed by atoms with Crippen LogP contribution in [0.25, 0.3) is 0 Å². The topological polar surface area (TPSA) is 55.1 Å². The fourth-order valence-corrected chi connectivity index (χ4v) is 2.99. The van der Waals surface area contributed by atoms with Crippen LogP contribution in [0.15, 0.2) is 53.6 Å². The normalized spacial score (nSPS) is 15.7. The van der Waals surface area contributed by atoms with Gasteiger partial charge < -0.3 is 9.64 Å². The number of morpholine rings is 1. The van der Waals surface area contributed by atoms with Gasteiger partial charge in [0.05, 0.1) is 25.0 Å². The molecule has 0 aliphatic carbocycles. The first-order valence-electron chi connectivity index (χ1n) is 8.93. The number of quaternary nitrogens is 1. The van der Waals surface area contributed by atoms with Crippen LogP contribution in [-0.2, 0) is 17.5 Å². The van der Waals surface area contributed by atoms with Crippen LogP contribution in [0.3, 0.4) is 0 Å². The molecular weight excluding hydrogens is 371 g/mol. The van der Waals surface area contributed by atoms with Crippen molar-refractivity contribution >= 4 is 12.1 Å². The Morgan fingerprint density at radius 2 is 1.79 bits per heavy atom. The number of carbonyl (C=O) groups excluding carboxylic acids is 1. The number of benzene rings is 2. The molecule has 1 fully saturated rings. The molecule has 1 heterocycles. The number of ether oxygens (including phenoxy) is 1. The van der Waals surface area contributed by atoms with E-state index in [0.29, 0.717) is 5.56 Å². The average Bonchev–Trinajstić information content (AvgIpc) is 2.69. The molecule has 0 unspecified atom stereocenters. The third kappa shape index (κ3) is 5.40. The molecule has 28 heavy (non-hydrogen) atoms. The van der Waals surface area contributed by atoms with E-state index < -0.39 is 17.6 Å². The van der Waals surface area contributed by atoms with Gasteiger partial charge in [0.2, 0.25) is 0 Å². The lowest BCUT2D eigenvalue weighted by Gasteiger charge is -2.23. The van der Waals surface area contributed by atoms with E-state index in [9.17, 15) is 18.0 Å². The number of carbonyl (C=O) groups is 1. The van der Waals surface area contributed by atoms with Gasteiger partial charge in [0.15, 0.2) is 0 Å². The number of alkyl halides is 3. The maximum Gasteiger partial charge on any atom is 0.417 e. The summed E-state index contributed by atoms with van der Waals surface area (Å²) in [5.41, 5.74) is 2.85. The number of hydrogen-bond acceptors (Lipinski definition) is 3. The summed E-state index contributed by atoms with van der Waals surface area (Å²) < 4.78 is 44.2. The second kappa shape index (κ2) is 8.99. The summed E-state index contributed by atoms with van der Waals surface area (Å²) in [6.45, 7) is 4.28. The van der Waals surface area contributed by atoms with Crippen molar-refractivity contribution in [2.24, 2.45) is 5.10 Å². The number of rotatable bonds is 5. The van der Waals surface area contributed by atoms with Gasteiger partial charge in [-0.25, -0.2) is 5.43 Å². The molecule has 2 N–H and O–H groups in total. The molecular formula is C20H21F3N3O2+. The molecule has 0 radical (unpaired) electrons. The summed E-state index contributed by atoms with van der Waals surface area (Å²) in [7, 11) is 0. The van der Waals surface area contributed by atoms with E-state index in [-0.39, 0.29) is 5.56 Å². The summed E-state index contributed by atoms with van der Waals surface area (Å²) in [5.74, 6) is -0.481. The van der Waals surface area contributed by atoms with Crippen LogP contribution in [0.1, 0.15) is 27.0 Å². The lowest BCUT2D eigenvalue weighted by atomic mass is 10.1. The van der Waals surface area contributed by atoms with Crippen LogP contribution in [0, 0.1) is 0 Å². The van der Waals surface area contributed by atoms with Gasteiger partial charge in [0.1, 0.15) is 19.6 Å². The van der Waals surface area contributed by atoms with Gasteiger partial charge in [-0.05, 0) is 18.2 Å². The molecule has 0 spiro atoms. The van der Waals surface area contributed by atoms with Gasteiger partial charge in [-0.1, -0.05) is 30.3 Å². The van der Waals surface area contributed by atoms with E-state index in [4.69, 9.17) is 4.74 Å². The lowest BCUT2D eigenvalue weighted by Crippen LogP contribution is -3.12. The Labute approximate surface area is 160 Å². The summed E-state index contributed by atoms with van der Waals surface area (Å²) in [6.07, 6.45) is -3.48. The van der Waals surface area contributed by atoms with Crippen LogP contribution < -0.4 is 10.3 Å². The molecule has 5 nitrogen and oxygen atoms in total. The van der Waals surface area contributed by atoms with Crippen LogP contribution in [0.4, 0.5) is 13.2 Å². The predicted molar refractivity (Wildman–Crippen MR) is 98.2 cm³/mol. The molecule has 1 aliphatic heterocycles. The maximum atomic E-state index is 12.9. The van der Waals surface area contributed by atoms with Crippen molar-refractivity contribution < 1.29 is 27.6 Å². The summed E-state index contributed by atoms with van der Waals surface area (Å²) in [5, 5.41) is 3.67. The zero-order valence-corrected chi connectivity index (χ0v) is 15.1. The van der Waals surface area contributed by atoms with E-state index in [1.807, 2.05) is 12.1 Å². The number of hydrazone groups is 1. The molecule has 0 bridgehead atoms. The molecule has 2 aromatic rings. The lowest BCUT2D eigenvalue weighted by molar-refractivity contribution is -0.921. The molecule has 0 saturated carbocycles. The molecule has 2 aromatic carbocycles. The maximum absolute atomic E-state index is 12.9. The molecule has 0 atom stereocenters. The minimum Gasteiger partial charge on any atom is -0.370 e. The second-order valence-corrected chi connectivity index (χ2v) is 6.52. The Morgan fingerprint density at radius 3 is 2.46 bits per heavy atom. The Bertz CT molecular complexity index is 829. The number of nitrogens with zero attached hydrogens (tertiary/aromatic N) is 1. The first kappa shape index (κ1) is 20.0. The largest absolute Gasteiger partial charge is 0.417 e. The van der Waals surface area contributed by atoms with Crippen LogP contribution in [0.5, 0.6) is 0 Å². The molecule has 8 heteroatoms. The highest BCUT2D eigenvalue weighted by Crippen LogP contribution is 2.31. The smallest absolute Gasteiger partial charge is 0.370 e. The van der Waals surface area contributed by atoms with E-state index >= 15 is 0 Å². The molecule has 148 valence electrons. The Hall–Kier alpha value is -2.71. The predicted octanol–water partition coefficient (Wildman–Crippen LogP) is 1.88. The third-order valence-corrected chi connectivity index (χ3v) is 4.51. The van der Waals surface area contributed by atoms with Crippen molar-refractivity contribution in [1.82, 2.24) is 5.43 Å². The number of halogens is 3. The van der Waals surface area contributed by atoms with E-state index in [2.05, 4.69) is 10.5 Å². The van der Waals surface area contributed by atoms with Gasteiger partial charge in [-0.15, -0.1) is 0 Å². The number of nitrogens with one attached hydrogen (secondary N) is 2. The van der Waals surface area contributed by atoms with Gasteiger partial charge in [-0.3, -0.25) is 4.79 Å². The fourth-order valence-electron chi connectivity index (χ4n) is 2.99. The first-order valence-corrected chi connectivity index (χ1v) is 8.93. The van der Waals surface area contributed by atoms with Gasteiger partial charge in [0, 0.05) is 16.7 Å². The number of amides is 1. The van der Waals surface area contributed by atoms with Crippen molar-refractivity contribution in [3.05, 3.63) is 70.8 Å². The van der Waals surface area contributed by atoms with Gasteiger partial charge in [-0.2, -0.15) is 18.3 Å². The summed E-state index contributed by atoms with van der Waals surface area (Å²) in [4.78, 5) is 13.6. The molecule has 0 aromatic heterocycles.